The van der Waals surface area contributed by atoms with Gasteiger partial charge in [0.25, 0.3) is 0 Å². The maximum Gasteiger partial charge on any atom is 0.191 e. The van der Waals surface area contributed by atoms with Crippen LogP contribution in [0.4, 0.5) is 4.39 Å². The van der Waals surface area contributed by atoms with Crippen molar-refractivity contribution in [3.8, 4) is 11.4 Å². The molecule has 0 atom stereocenters. The van der Waals surface area contributed by atoms with Crippen molar-refractivity contribution >= 4 is 34.7 Å². The Morgan fingerprint density at radius 1 is 1.23 bits per heavy atom. The Balaban J connectivity index is 1.84. The normalized spacial score (nSPS) is 11.2. The zero-order valence-corrected chi connectivity index (χ0v) is 17.2. The molecule has 0 aliphatic heterocycles. The van der Waals surface area contributed by atoms with Crippen LogP contribution in [0.2, 0.25) is 5.02 Å². The number of thiophene rings is 1. The topological polar surface area (TPSA) is 30.7 Å². The Bertz CT molecular complexity index is 855. The van der Waals surface area contributed by atoms with Crippen molar-refractivity contribution in [1.82, 2.24) is 14.8 Å². The lowest BCUT2D eigenvalue weighted by Gasteiger charge is -2.09. The number of benzene rings is 1. The molecule has 0 spiro atoms. The molecule has 0 N–H and O–H groups in total. The number of hydrogen-bond donors (Lipinski definition) is 0. The van der Waals surface area contributed by atoms with Gasteiger partial charge < -0.3 is 4.57 Å². The number of halogens is 2. The van der Waals surface area contributed by atoms with Crippen LogP contribution in [0.25, 0.3) is 11.4 Å². The summed E-state index contributed by atoms with van der Waals surface area (Å²) in [5.41, 5.74) is 1.61. The van der Waals surface area contributed by atoms with E-state index in [4.69, 9.17) is 11.6 Å². The third kappa shape index (κ3) is 4.30. The Kier molecular flexibility index (Phi) is 6.73. The van der Waals surface area contributed by atoms with Gasteiger partial charge in [-0.25, -0.2) is 4.39 Å². The maximum absolute atomic E-state index is 14.0. The highest BCUT2D eigenvalue weighted by Gasteiger charge is 2.16. The molecule has 3 rings (SSSR count). The maximum atomic E-state index is 14.0. The minimum absolute atomic E-state index is 0.283. The molecule has 3 aromatic rings. The second-order valence-corrected chi connectivity index (χ2v) is 8.34. The van der Waals surface area contributed by atoms with Crippen molar-refractivity contribution in [3.05, 3.63) is 50.9 Å². The first-order valence-electron chi connectivity index (χ1n) is 8.70. The van der Waals surface area contributed by atoms with E-state index in [0.717, 1.165) is 42.4 Å². The molecule has 1 aromatic carbocycles. The van der Waals surface area contributed by atoms with Gasteiger partial charge in [-0.15, -0.1) is 21.5 Å². The second kappa shape index (κ2) is 9.02. The summed E-state index contributed by atoms with van der Waals surface area (Å²) in [6.07, 6.45) is 3.19. The zero-order chi connectivity index (χ0) is 18.5. The second-order valence-electron chi connectivity index (χ2n) is 6.00. The zero-order valence-electron chi connectivity index (χ0n) is 14.8. The molecular weight excluding hydrogens is 389 g/mol. The van der Waals surface area contributed by atoms with Crippen LogP contribution in [-0.4, -0.2) is 14.8 Å². The molecule has 0 fully saturated rings. The fraction of sp³-hybridized carbons (Fsp3) is 0.368. The first-order valence-corrected chi connectivity index (χ1v) is 10.9. The van der Waals surface area contributed by atoms with Crippen LogP contribution in [-0.2, 0) is 18.7 Å². The molecule has 0 unspecified atom stereocenters. The Hall–Kier alpha value is -1.37. The van der Waals surface area contributed by atoms with Gasteiger partial charge in [0.15, 0.2) is 11.0 Å². The largest absolute Gasteiger partial charge is 0.302 e. The number of aryl methyl sites for hydroxylation is 1. The summed E-state index contributed by atoms with van der Waals surface area (Å²) in [6.45, 7) is 5.14. The Morgan fingerprint density at radius 3 is 2.81 bits per heavy atom. The molecule has 138 valence electrons. The van der Waals surface area contributed by atoms with Crippen molar-refractivity contribution in [3.63, 3.8) is 0 Å². The highest BCUT2D eigenvalue weighted by atomic mass is 35.5. The number of thioether (sulfide) groups is 1. The smallest absolute Gasteiger partial charge is 0.191 e. The number of nitrogens with zero attached hydrogens (tertiary/aromatic N) is 3. The standard InChI is InChI=1S/C19H21ClFN3S2/c1-3-6-14-10-13(11-25-14)18-22-23-19(24(18)9-4-2)26-12-15-16(20)7-5-8-17(15)21/h5,7-8,10-11H,3-4,6,9,12H2,1-2H3. The third-order valence-corrected chi connectivity index (χ3v) is 6.32. The van der Waals surface area contributed by atoms with Crippen LogP contribution in [0.15, 0.2) is 34.8 Å². The summed E-state index contributed by atoms with van der Waals surface area (Å²) < 4.78 is 16.1. The van der Waals surface area contributed by atoms with Crippen LogP contribution >= 0.6 is 34.7 Å². The summed E-state index contributed by atoms with van der Waals surface area (Å²) in [5.74, 6) is 1.03. The summed E-state index contributed by atoms with van der Waals surface area (Å²) >= 11 is 9.37. The summed E-state index contributed by atoms with van der Waals surface area (Å²) in [4.78, 5) is 1.36. The fourth-order valence-corrected chi connectivity index (χ4v) is 4.99. The Labute approximate surface area is 166 Å². The monoisotopic (exact) mass is 409 g/mol. The van der Waals surface area contributed by atoms with Crippen molar-refractivity contribution in [2.24, 2.45) is 0 Å². The quantitative estimate of drug-likeness (QED) is 0.400. The molecule has 0 radical (unpaired) electrons. The molecule has 0 aliphatic carbocycles. The molecule has 0 saturated carbocycles. The molecular formula is C19H21ClFN3S2. The van der Waals surface area contributed by atoms with Crippen molar-refractivity contribution < 1.29 is 4.39 Å². The summed E-state index contributed by atoms with van der Waals surface area (Å²) in [6, 6.07) is 6.97. The fourth-order valence-electron chi connectivity index (χ4n) is 2.72. The molecule has 26 heavy (non-hydrogen) atoms. The molecule has 2 heterocycles. The minimum atomic E-state index is -0.283. The number of hydrogen-bond acceptors (Lipinski definition) is 4. The van der Waals surface area contributed by atoms with E-state index in [9.17, 15) is 4.39 Å². The first-order chi connectivity index (χ1) is 12.6. The molecule has 3 nitrogen and oxygen atoms in total. The van der Waals surface area contributed by atoms with E-state index in [1.54, 1.807) is 23.5 Å². The van der Waals surface area contributed by atoms with E-state index in [0.29, 0.717) is 16.3 Å². The van der Waals surface area contributed by atoms with E-state index in [2.05, 4.69) is 40.1 Å². The van der Waals surface area contributed by atoms with E-state index >= 15 is 0 Å². The number of rotatable bonds is 8. The van der Waals surface area contributed by atoms with Crippen LogP contribution in [0, 0.1) is 5.82 Å². The van der Waals surface area contributed by atoms with Gasteiger partial charge in [-0.3, -0.25) is 0 Å². The molecule has 0 saturated heterocycles. The van der Waals surface area contributed by atoms with Gasteiger partial charge in [0.05, 0.1) is 0 Å². The Morgan fingerprint density at radius 2 is 2.08 bits per heavy atom. The van der Waals surface area contributed by atoms with E-state index in [1.807, 2.05) is 0 Å². The average Bonchev–Trinajstić information content (AvgIpc) is 3.22. The summed E-state index contributed by atoms with van der Waals surface area (Å²) in [5, 5.41) is 12.1. The predicted molar refractivity (Wildman–Crippen MR) is 109 cm³/mol. The third-order valence-electron chi connectivity index (χ3n) is 3.98. The van der Waals surface area contributed by atoms with Gasteiger partial charge in [0, 0.05) is 38.7 Å². The van der Waals surface area contributed by atoms with Crippen LogP contribution < -0.4 is 0 Å². The van der Waals surface area contributed by atoms with Crippen molar-refractivity contribution in [2.45, 2.75) is 50.6 Å². The van der Waals surface area contributed by atoms with Crippen molar-refractivity contribution in [2.75, 3.05) is 0 Å². The lowest BCUT2D eigenvalue weighted by Crippen LogP contribution is -2.02. The van der Waals surface area contributed by atoms with Gasteiger partial charge in [0.1, 0.15) is 5.82 Å². The van der Waals surface area contributed by atoms with Gasteiger partial charge in [-0.1, -0.05) is 49.7 Å². The first kappa shape index (κ1) is 19.4. The van der Waals surface area contributed by atoms with Crippen LogP contribution in [0.1, 0.15) is 37.1 Å². The predicted octanol–water partition coefficient (Wildman–Crippen LogP) is 6.45. The van der Waals surface area contributed by atoms with Crippen molar-refractivity contribution in [1.29, 1.82) is 0 Å². The minimum Gasteiger partial charge on any atom is -0.302 e. The molecule has 0 amide bonds. The van der Waals surface area contributed by atoms with E-state index in [-0.39, 0.29) is 5.82 Å². The highest BCUT2D eigenvalue weighted by Crippen LogP contribution is 2.31. The van der Waals surface area contributed by atoms with Gasteiger partial charge in [-0.2, -0.15) is 0 Å². The highest BCUT2D eigenvalue weighted by molar-refractivity contribution is 7.98. The average molecular weight is 410 g/mol. The van der Waals surface area contributed by atoms with Crippen LogP contribution in [0.3, 0.4) is 0 Å². The molecule has 7 heteroatoms. The summed E-state index contributed by atoms with van der Waals surface area (Å²) in [7, 11) is 0. The molecule has 0 bridgehead atoms. The van der Waals surface area contributed by atoms with Gasteiger partial charge in [0.2, 0.25) is 0 Å². The lowest BCUT2D eigenvalue weighted by molar-refractivity contribution is 0.615. The van der Waals surface area contributed by atoms with Crippen LogP contribution in [0.5, 0.6) is 0 Å². The van der Waals surface area contributed by atoms with Gasteiger partial charge in [-0.05, 0) is 31.0 Å². The molecule has 0 aliphatic rings. The molecule has 2 aromatic heterocycles. The van der Waals surface area contributed by atoms with Gasteiger partial charge >= 0.3 is 0 Å². The number of aromatic nitrogens is 3. The van der Waals surface area contributed by atoms with E-state index < -0.39 is 0 Å². The lowest BCUT2D eigenvalue weighted by atomic mass is 10.2. The SMILES string of the molecule is CCCc1cc(-c2nnc(SCc3c(F)cccc3Cl)n2CCC)cs1. The van der Waals surface area contributed by atoms with E-state index in [1.165, 1.54) is 22.7 Å².